The fraction of sp³-hybridized carbons (Fsp3) is 0.158. The van der Waals surface area contributed by atoms with Crippen molar-refractivity contribution in [3.63, 3.8) is 0 Å². The van der Waals surface area contributed by atoms with Gasteiger partial charge in [0.2, 0.25) is 5.95 Å². The van der Waals surface area contributed by atoms with Gasteiger partial charge in [0, 0.05) is 17.4 Å². The van der Waals surface area contributed by atoms with Gasteiger partial charge in [-0.2, -0.15) is 0 Å². The van der Waals surface area contributed by atoms with Crippen molar-refractivity contribution in [2.75, 3.05) is 5.32 Å². The molecule has 0 saturated carbocycles. The quantitative estimate of drug-likeness (QED) is 0.732. The van der Waals surface area contributed by atoms with Crippen LogP contribution in [0.4, 0.5) is 5.95 Å². The van der Waals surface area contributed by atoms with Crippen LogP contribution in [0.5, 0.6) is 0 Å². The van der Waals surface area contributed by atoms with Gasteiger partial charge in [0.05, 0.1) is 18.0 Å². The van der Waals surface area contributed by atoms with Gasteiger partial charge in [-0.3, -0.25) is 0 Å². The highest BCUT2D eigenvalue weighted by Crippen LogP contribution is 2.42. The second kappa shape index (κ2) is 6.13. The average molecular weight is 338 g/mol. The van der Waals surface area contributed by atoms with Crippen LogP contribution in [0.25, 0.3) is 0 Å². The molecule has 0 radical (unpaired) electrons. The molecule has 2 aromatic carbocycles. The Balaban J connectivity index is 1.84. The molecule has 120 valence electrons. The molecule has 1 aliphatic heterocycles. The maximum Gasteiger partial charge on any atom is 0.203 e. The highest BCUT2D eigenvalue weighted by Gasteiger charge is 2.38. The Morgan fingerprint density at radius 1 is 1.04 bits per heavy atom. The average Bonchev–Trinajstić information content (AvgIpc) is 3.10. The van der Waals surface area contributed by atoms with Crippen LogP contribution in [-0.2, 0) is 4.79 Å². The first-order valence-corrected chi connectivity index (χ1v) is 8.21. The molecule has 5 heteroatoms. The molecular weight excluding hydrogens is 322 g/mol. The molecule has 0 bridgehead atoms. The smallest absolute Gasteiger partial charge is 0.203 e. The number of carbonyl (C=O) groups is 1. The summed E-state index contributed by atoms with van der Waals surface area (Å²) in [6.07, 6.45) is 4.69. The molecular formula is C19H16ClN3O. The third-order valence-corrected chi connectivity index (χ3v) is 4.78. The van der Waals surface area contributed by atoms with E-state index < -0.39 is 0 Å². The van der Waals surface area contributed by atoms with Gasteiger partial charge in [0.1, 0.15) is 6.29 Å². The molecule has 0 fully saturated rings. The van der Waals surface area contributed by atoms with E-state index in [9.17, 15) is 4.79 Å². The van der Waals surface area contributed by atoms with Gasteiger partial charge in [-0.15, -0.1) is 0 Å². The molecule has 0 unspecified atom stereocenters. The van der Waals surface area contributed by atoms with Crippen molar-refractivity contribution < 1.29 is 4.79 Å². The van der Waals surface area contributed by atoms with Crippen molar-refractivity contribution in [3.05, 3.63) is 83.1 Å². The number of hydrogen-bond acceptors (Lipinski definition) is 3. The number of halogens is 1. The van der Waals surface area contributed by atoms with E-state index in [0.717, 1.165) is 23.4 Å². The Labute approximate surface area is 145 Å². The van der Waals surface area contributed by atoms with Crippen molar-refractivity contribution in [2.45, 2.75) is 12.1 Å². The van der Waals surface area contributed by atoms with Crippen molar-refractivity contribution in [3.8, 4) is 0 Å². The van der Waals surface area contributed by atoms with E-state index >= 15 is 0 Å². The predicted molar refractivity (Wildman–Crippen MR) is 94.2 cm³/mol. The van der Waals surface area contributed by atoms with E-state index in [1.807, 2.05) is 65.4 Å². The molecule has 1 N–H and O–H groups in total. The van der Waals surface area contributed by atoms with Gasteiger partial charge < -0.3 is 14.7 Å². The molecule has 0 amide bonds. The van der Waals surface area contributed by atoms with Crippen LogP contribution in [0, 0.1) is 5.92 Å². The minimum absolute atomic E-state index is 0.122. The van der Waals surface area contributed by atoms with Crippen LogP contribution in [0.2, 0.25) is 5.02 Å². The standard InChI is InChI=1S/C19H16ClN3O/c20-15-8-6-14(7-9-15)18-16(12-24)17(13-4-2-1-3-5-13)22-19-21-10-11-23(18)19/h1-12,16-18H,(H,21,22)/t16-,17-,18+/m0/s1. The van der Waals surface area contributed by atoms with Crippen LogP contribution in [0.1, 0.15) is 23.2 Å². The van der Waals surface area contributed by atoms with E-state index in [1.54, 1.807) is 6.20 Å². The lowest BCUT2D eigenvalue weighted by Gasteiger charge is -2.38. The maximum absolute atomic E-state index is 12.0. The fourth-order valence-electron chi connectivity index (χ4n) is 3.41. The third-order valence-electron chi connectivity index (χ3n) is 4.53. The Morgan fingerprint density at radius 2 is 1.79 bits per heavy atom. The summed E-state index contributed by atoms with van der Waals surface area (Å²) in [5, 5.41) is 4.08. The molecule has 1 aromatic heterocycles. The highest BCUT2D eigenvalue weighted by atomic mass is 35.5. The summed E-state index contributed by atoms with van der Waals surface area (Å²) in [4.78, 5) is 16.4. The van der Waals surface area contributed by atoms with Crippen molar-refractivity contribution in [2.24, 2.45) is 5.92 Å². The predicted octanol–water partition coefficient (Wildman–Crippen LogP) is 4.11. The first kappa shape index (κ1) is 15.0. The summed E-state index contributed by atoms with van der Waals surface area (Å²) in [5.41, 5.74) is 2.11. The summed E-state index contributed by atoms with van der Waals surface area (Å²) in [6.45, 7) is 0. The van der Waals surface area contributed by atoms with Crippen molar-refractivity contribution in [1.29, 1.82) is 0 Å². The minimum Gasteiger partial charge on any atom is -0.348 e. The lowest BCUT2D eigenvalue weighted by atomic mass is 9.83. The molecule has 2 heterocycles. The summed E-state index contributed by atoms with van der Waals surface area (Å²) in [5.74, 6) is 0.511. The number of nitrogens with one attached hydrogen (secondary N) is 1. The van der Waals surface area contributed by atoms with E-state index in [0.29, 0.717) is 5.02 Å². The van der Waals surface area contributed by atoms with Gasteiger partial charge in [-0.25, -0.2) is 4.98 Å². The van der Waals surface area contributed by atoms with E-state index in [1.165, 1.54) is 0 Å². The minimum atomic E-state index is -0.254. The van der Waals surface area contributed by atoms with Gasteiger partial charge >= 0.3 is 0 Å². The number of aldehydes is 1. The number of nitrogens with zero attached hydrogens (tertiary/aromatic N) is 2. The van der Waals surface area contributed by atoms with Gasteiger partial charge in [-0.05, 0) is 23.3 Å². The molecule has 24 heavy (non-hydrogen) atoms. The van der Waals surface area contributed by atoms with Crippen LogP contribution >= 0.6 is 11.6 Å². The number of rotatable bonds is 3. The Bertz CT molecular complexity index is 845. The number of hydrogen-bond donors (Lipinski definition) is 1. The van der Waals surface area contributed by atoms with Gasteiger partial charge in [-0.1, -0.05) is 54.1 Å². The van der Waals surface area contributed by atoms with Gasteiger partial charge in [0.15, 0.2) is 0 Å². The maximum atomic E-state index is 12.0. The van der Waals surface area contributed by atoms with Crippen LogP contribution in [0.15, 0.2) is 67.0 Å². The SMILES string of the molecule is O=C[C@@H]1[C@@H](c2ccc(Cl)cc2)n2ccnc2N[C@H]1c1ccccc1. The summed E-state index contributed by atoms with van der Waals surface area (Å²) >= 11 is 6.02. The van der Waals surface area contributed by atoms with Crippen LogP contribution < -0.4 is 5.32 Å². The molecule has 3 atom stereocenters. The van der Waals surface area contributed by atoms with E-state index in [-0.39, 0.29) is 18.0 Å². The monoisotopic (exact) mass is 337 g/mol. The van der Waals surface area contributed by atoms with E-state index in [4.69, 9.17) is 11.6 Å². The fourth-order valence-corrected chi connectivity index (χ4v) is 3.54. The normalized spacial score (nSPS) is 22.5. The molecule has 4 rings (SSSR count). The zero-order chi connectivity index (χ0) is 16.5. The molecule has 0 saturated heterocycles. The topological polar surface area (TPSA) is 46.9 Å². The number of benzene rings is 2. The Morgan fingerprint density at radius 3 is 2.50 bits per heavy atom. The number of anilines is 1. The molecule has 1 aliphatic rings. The van der Waals surface area contributed by atoms with Crippen LogP contribution in [-0.4, -0.2) is 15.8 Å². The first-order chi connectivity index (χ1) is 11.8. The van der Waals surface area contributed by atoms with Gasteiger partial charge in [0.25, 0.3) is 0 Å². The second-order valence-corrected chi connectivity index (χ2v) is 6.34. The van der Waals surface area contributed by atoms with Crippen molar-refractivity contribution >= 4 is 23.8 Å². The number of fused-ring (bicyclic) bond motifs is 1. The third kappa shape index (κ3) is 2.49. The Hall–Kier alpha value is -2.59. The lowest BCUT2D eigenvalue weighted by Crippen LogP contribution is -2.37. The first-order valence-electron chi connectivity index (χ1n) is 7.83. The number of imidazole rings is 1. The number of aromatic nitrogens is 2. The summed E-state index contributed by atoms with van der Waals surface area (Å²) < 4.78 is 2.02. The van der Waals surface area contributed by atoms with Crippen molar-refractivity contribution in [1.82, 2.24) is 9.55 Å². The van der Waals surface area contributed by atoms with Crippen LogP contribution in [0.3, 0.4) is 0 Å². The molecule has 3 aromatic rings. The second-order valence-electron chi connectivity index (χ2n) is 5.90. The zero-order valence-electron chi connectivity index (χ0n) is 12.8. The molecule has 0 spiro atoms. The highest BCUT2D eigenvalue weighted by molar-refractivity contribution is 6.30. The molecule has 0 aliphatic carbocycles. The summed E-state index contributed by atoms with van der Waals surface area (Å²) in [7, 11) is 0. The summed E-state index contributed by atoms with van der Waals surface area (Å²) in [6, 6.07) is 17.4. The lowest BCUT2D eigenvalue weighted by molar-refractivity contribution is -0.112. The Kier molecular flexibility index (Phi) is 3.82. The van der Waals surface area contributed by atoms with E-state index in [2.05, 4.69) is 10.3 Å². The zero-order valence-corrected chi connectivity index (χ0v) is 13.6. The molecule has 4 nitrogen and oxygen atoms in total. The number of carbonyl (C=O) groups excluding carboxylic acids is 1. The largest absolute Gasteiger partial charge is 0.348 e.